The van der Waals surface area contributed by atoms with Gasteiger partial charge in [-0.05, 0) is 60.3 Å². The van der Waals surface area contributed by atoms with Crippen molar-refractivity contribution in [2.24, 2.45) is 5.92 Å². The van der Waals surface area contributed by atoms with Crippen molar-refractivity contribution in [2.45, 2.75) is 39.5 Å². The van der Waals surface area contributed by atoms with Crippen LogP contribution in [0.4, 0.5) is 0 Å². The van der Waals surface area contributed by atoms with E-state index in [1.54, 1.807) is 0 Å². The Morgan fingerprint density at radius 1 is 1.04 bits per heavy atom. The fourth-order valence-electron chi connectivity index (χ4n) is 3.30. The van der Waals surface area contributed by atoms with Crippen LogP contribution in [0.3, 0.4) is 0 Å². The minimum Gasteiger partial charge on any atom is -0.426 e. The number of carbonyl (C=O) groups excluding carboxylic acids is 1. The van der Waals surface area contributed by atoms with E-state index in [1.165, 1.54) is 36.9 Å². The molecule has 0 aromatic heterocycles. The summed E-state index contributed by atoms with van der Waals surface area (Å²) < 4.78 is 5.40. The number of esters is 1. The quantitative estimate of drug-likeness (QED) is 0.594. The molecule has 1 unspecified atom stereocenters. The third kappa shape index (κ3) is 3.96. The molecular formula is C21H27NO2. The smallest absolute Gasteiger partial charge is 0.313 e. The van der Waals surface area contributed by atoms with Crippen LogP contribution in [0.1, 0.15) is 45.1 Å². The molecule has 24 heavy (non-hydrogen) atoms. The number of likely N-dealkylation sites (tertiary alicyclic amines) is 1. The van der Waals surface area contributed by atoms with Gasteiger partial charge in [-0.3, -0.25) is 4.79 Å². The van der Waals surface area contributed by atoms with Crippen molar-refractivity contribution in [3.63, 3.8) is 0 Å². The third-order valence-corrected chi connectivity index (χ3v) is 4.83. The summed E-state index contributed by atoms with van der Waals surface area (Å²) in [7, 11) is 0. The van der Waals surface area contributed by atoms with E-state index in [9.17, 15) is 4.79 Å². The van der Waals surface area contributed by atoms with Crippen LogP contribution in [0.15, 0.2) is 36.4 Å². The molecule has 0 radical (unpaired) electrons. The molecule has 0 N–H and O–H groups in total. The van der Waals surface area contributed by atoms with E-state index in [2.05, 4.69) is 30.0 Å². The van der Waals surface area contributed by atoms with Gasteiger partial charge in [0.05, 0.1) is 5.92 Å². The van der Waals surface area contributed by atoms with Crippen molar-refractivity contribution >= 4 is 16.7 Å². The van der Waals surface area contributed by atoms with Crippen LogP contribution in [-0.4, -0.2) is 30.5 Å². The van der Waals surface area contributed by atoms with Crippen molar-refractivity contribution in [3.05, 3.63) is 42.0 Å². The number of hydrogen-bond donors (Lipinski definition) is 0. The summed E-state index contributed by atoms with van der Waals surface area (Å²) in [5.41, 5.74) is 1.38. The molecule has 1 atom stereocenters. The summed E-state index contributed by atoms with van der Waals surface area (Å²) in [6.07, 6.45) is 2.67. The molecule has 3 nitrogen and oxygen atoms in total. The zero-order valence-electron chi connectivity index (χ0n) is 14.9. The molecule has 1 aliphatic rings. The molecule has 3 rings (SSSR count). The number of benzene rings is 2. The summed E-state index contributed by atoms with van der Waals surface area (Å²) in [6.45, 7) is 9.60. The minimum atomic E-state index is -0.190. The lowest BCUT2D eigenvalue weighted by atomic mass is 9.97. The second kappa shape index (κ2) is 7.35. The van der Waals surface area contributed by atoms with E-state index in [1.807, 2.05) is 32.0 Å². The summed E-state index contributed by atoms with van der Waals surface area (Å²) in [5, 5.41) is 2.31. The fraction of sp³-hybridized carbons (Fsp3) is 0.476. The monoisotopic (exact) mass is 325 g/mol. The summed E-state index contributed by atoms with van der Waals surface area (Å²) in [5.74, 6) is 0.852. The number of nitrogens with zero attached hydrogens (tertiary/aromatic N) is 1. The van der Waals surface area contributed by atoms with E-state index in [4.69, 9.17) is 4.74 Å². The van der Waals surface area contributed by atoms with Crippen LogP contribution < -0.4 is 4.74 Å². The third-order valence-electron chi connectivity index (χ3n) is 4.83. The largest absolute Gasteiger partial charge is 0.426 e. The Kier molecular flexibility index (Phi) is 5.20. The Labute approximate surface area is 144 Å². The van der Waals surface area contributed by atoms with E-state index in [0.29, 0.717) is 11.7 Å². The highest BCUT2D eigenvalue weighted by molar-refractivity contribution is 5.85. The van der Waals surface area contributed by atoms with Gasteiger partial charge >= 0.3 is 5.97 Å². The van der Waals surface area contributed by atoms with E-state index in [0.717, 1.165) is 11.9 Å². The average Bonchev–Trinajstić information content (AvgIpc) is 3.07. The average molecular weight is 325 g/mol. The molecule has 2 aromatic carbocycles. The maximum absolute atomic E-state index is 11.7. The number of hydrogen-bond acceptors (Lipinski definition) is 3. The lowest BCUT2D eigenvalue weighted by Gasteiger charge is -2.20. The van der Waals surface area contributed by atoms with Crippen LogP contribution in [-0.2, 0) is 4.79 Å². The molecule has 1 aliphatic heterocycles. The number of ether oxygens (including phenoxy) is 1. The second-order valence-electron chi connectivity index (χ2n) is 7.25. The van der Waals surface area contributed by atoms with Crippen LogP contribution in [0.5, 0.6) is 5.75 Å². The molecule has 1 fully saturated rings. The van der Waals surface area contributed by atoms with Crippen molar-refractivity contribution in [3.8, 4) is 5.75 Å². The predicted octanol–water partition coefficient (Wildman–Crippen LogP) is 4.60. The van der Waals surface area contributed by atoms with Crippen molar-refractivity contribution in [1.29, 1.82) is 0 Å². The van der Waals surface area contributed by atoms with Crippen molar-refractivity contribution in [1.82, 2.24) is 4.90 Å². The normalized spacial score (nSPS) is 16.7. The molecule has 2 aromatic rings. The summed E-state index contributed by atoms with van der Waals surface area (Å²) >= 11 is 0. The van der Waals surface area contributed by atoms with Gasteiger partial charge in [0.2, 0.25) is 0 Å². The minimum absolute atomic E-state index is 0.116. The van der Waals surface area contributed by atoms with E-state index in [-0.39, 0.29) is 11.9 Å². The molecule has 128 valence electrons. The highest BCUT2D eigenvalue weighted by Crippen LogP contribution is 2.26. The molecule has 0 amide bonds. The predicted molar refractivity (Wildman–Crippen MR) is 98.5 cm³/mol. The lowest BCUT2D eigenvalue weighted by molar-refractivity contribution is -0.137. The van der Waals surface area contributed by atoms with Gasteiger partial charge in [-0.2, -0.15) is 0 Å². The molecule has 1 saturated heterocycles. The van der Waals surface area contributed by atoms with Gasteiger partial charge in [0, 0.05) is 6.54 Å². The first-order chi connectivity index (χ1) is 11.5. The van der Waals surface area contributed by atoms with Crippen LogP contribution in [0.25, 0.3) is 10.8 Å². The van der Waals surface area contributed by atoms with E-state index >= 15 is 0 Å². The van der Waals surface area contributed by atoms with Crippen molar-refractivity contribution < 1.29 is 9.53 Å². The van der Waals surface area contributed by atoms with Crippen LogP contribution >= 0.6 is 0 Å². The fourth-order valence-corrected chi connectivity index (χ4v) is 3.30. The van der Waals surface area contributed by atoms with Gasteiger partial charge < -0.3 is 9.64 Å². The summed E-state index contributed by atoms with van der Waals surface area (Å²) in [6, 6.07) is 12.5. The molecule has 0 aliphatic carbocycles. The first kappa shape index (κ1) is 17.0. The van der Waals surface area contributed by atoms with Crippen molar-refractivity contribution in [2.75, 3.05) is 19.6 Å². The molecule has 1 heterocycles. The maximum Gasteiger partial charge on any atom is 0.313 e. The Morgan fingerprint density at radius 2 is 1.71 bits per heavy atom. The topological polar surface area (TPSA) is 29.5 Å². The molecular weight excluding hydrogens is 298 g/mol. The van der Waals surface area contributed by atoms with E-state index < -0.39 is 0 Å². The van der Waals surface area contributed by atoms with Crippen LogP contribution in [0, 0.1) is 5.92 Å². The molecule has 0 bridgehead atoms. The van der Waals surface area contributed by atoms with Gasteiger partial charge in [-0.1, -0.05) is 45.0 Å². The number of rotatable bonds is 5. The van der Waals surface area contributed by atoms with Gasteiger partial charge in [-0.15, -0.1) is 0 Å². The second-order valence-corrected chi connectivity index (χ2v) is 7.25. The maximum atomic E-state index is 11.7. The Bertz CT molecular complexity index is 717. The number of carbonyl (C=O) groups is 1. The first-order valence-electron chi connectivity index (χ1n) is 9.00. The SMILES string of the molecule is CC(C)C(=O)Oc1ccc2cc(C(C)CN3CCCC3)ccc2c1. The van der Waals surface area contributed by atoms with Gasteiger partial charge in [-0.25, -0.2) is 0 Å². The summed E-state index contributed by atoms with van der Waals surface area (Å²) in [4.78, 5) is 14.3. The van der Waals surface area contributed by atoms with Crippen LogP contribution in [0.2, 0.25) is 0 Å². The highest BCUT2D eigenvalue weighted by atomic mass is 16.5. The standard InChI is InChI=1S/C21H27NO2/c1-15(2)21(23)24-20-9-8-18-12-17(6-7-19(18)13-20)16(3)14-22-10-4-5-11-22/h6-9,12-13,15-16H,4-5,10-11,14H2,1-3H3. The zero-order chi connectivity index (χ0) is 17.1. The lowest BCUT2D eigenvalue weighted by Crippen LogP contribution is -2.24. The number of fused-ring (bicyclic) bond motifs is 1. The first-order valence-corrected chi connectivity index (χ1v) is 9.00. The van der Waals surface area contributed by atoms with Gasteiger partial charge in [0.1, 0.15) is 5.75 Å². The van der Waals surface area contributed by atoms with Gasteiger partial charge in [0.15, 0.2) is 0 Å². The molecule has 0 saturated carbocycles. The Balaban J connectivity index is 1.75. The Morgan fingerprint density at radius 3 is 2.42 bits per heavy atom. The molecule has 3 heteroatoms. The van der Waals surface area contributed by atoms with Gasteiger partial charge in [0.25, 0.3) is 0 Å². The molecule has 0 spiro atoms. The highest BCUT2D eigenvalue weighted by Gasteiger charge is 2.16. The zero-order valence-corrected chi connectivity index (χ0v) is 14.9. The Hall–Kier alpha value is -1.87.